The molecule has 3 rings (SSSR count). The average molecular weight is 391 g/mol. The van der Waals surface area contributed by atoms with Crippen LogP contribution in [-0.4, -0.2) is 30.2 Å². The molecule has 1 aromatic carbocycles. The maximum atomic E-state index is 12.7. The molecule has 24 heavy (non-hydrogen) atoms. The normalized spacial score (nSPS) is 17.2. The number of halogens is 3. The number of carbonyl (C=O) groups excluding carboxylic acids is 1. The minimum absolute atomic E-state index is 0. The number of nitrogens with zero attached hydrogens (tertiary/aromatic N) is 1. The van der Waals surface area contributed by atoms with Gasteiger partial charge < -0.3 is 15.2 Å². The zero-order chi connectivity index (χ0) is 16.4. The summed E-state index contributed by atoms with van der Waals surface area (Å²) in [7, 11) is 0. The monoisotopic (exact) mass is 389 g/mol. The summed E-state index contributed by atoms with van der Waals surface area (Å²) >= 11 is 12.5. The lowest BCUT2D eigenvalue weighted by Crippen LogP contribution is -2.45. The zero-order valence-corrected chi connectivity index (χ0v) is 15.4. The van der Waals surface area contributed by atoms with Crippen LogP contribution in [0, 0.1) is 6.92 Å². The topological polar surface area (TPSA) is 67.2 Å². The first-order chi connectivity index (χ1) is 11.1. The van der Waals surface area contributed by atoms with Gasteiger partial charge in [0.2, 0.25) is 0 Å². The van der Waals surface area contributed by atoms with Crippen LogP contribution >= 0.6 is 35.6 Å². The van der Waals surface area contributed by atoms with Gasteiger partial charge in [-0.25, -0.2) is 0 Å². The van der Waals surface area contributed by atoms with Crippen LogP contribution in [0.1, 0.15) is 29.0 Å². The van der Waals surface area contributed by atoms with Gasteiger partial charge in [-0.2, -0.15) is 0 Å². The molecule has 8 heteroatoms. The van der Waals surface area contributed by atoms with Crippen LogP contribution in [0.15, 0.2) is 22.7 Å². The fraction of sp³-hybridized carbons (Fsp3) is 0.375. The van der Waals surface area contributed by atoms with Crippen molar-refractivity contribution in [2.45, 2.75) is 25.8 Å². The molecule has 1 unspecified atom stereocenters. The number of benzene rings is 1. The molecule has 1 fully saturated rings. The molecule has 0 bridgehead atoms. The maximum Gasteiger partial charge on any atom is 0.257 e. The van der Waals surface area contributed by atoms with E-state index in [0.29, 0.717) is 32.6 Å². The smallest absolute Gasteiger partial charge is 0.257 e. The molecule has 1 saturated heterocycles. The van der Waals surface area contributed by atoms with Crippen molar-refractivity contribution < 1.29 is 9.32 Å². The fourth-order valence-corrected chi connectivity index (χ4v) is 3.34. The van der Waals surface area contributed by atoms with E-state index in [2.05, 4.69) is 15.8 Å². The van der Waals surface area contributed by atoms with Crippen molar-refractivity contribution in [3.63, 3.8) is 0 Å². The average Bonchev–Trinajstić information content (AvgIpc) is 2.90. The molecular formula is C16H18Cl3N3O2. The van der Waals surface area contributed by atoms with Crippen LogP contribution < -0.4 is 10.6 Å². The van der Waals surface area contributed by atoms with Crippen LogP contribution in [0.5, 0.6) is 0 Å². The van der Waals surface area contributed by atoms with E-state index in [1.54, 1.807) is 25.1 Å². The highest BCUT2D eigenvalue weighted by atomic mass is 35.5. The van der Waals surface area contributed by atoms with E-state index in [4.69, 9.17) is 27.7 Å². The van der Waals surface area contributed by atoms with E-state index >= 15 is 0 Å². The largest absolute Gasteiger partial charge is 0.360 e. The second-order valence-electron chi connectivity index (χ2n) is 5.58. The molecule has 0 saturated carbocycles. The van der Waals surface area contributed by atoms with Crippen molar-refractivity contribution in [3.8, 4) is 11.3 Å². The van der Waals surface area contributed by atoms with Crippen LogP contribution in [0.2, 0.25) is 10.0 Å². The number of hydrogen-bond acceptors (Lipinski definition) is 4. The Bertz CT molecular complexity index is 707. The van der Waals surface area contributed by atoms with Crippen LogP contribution in [0.25, 0.3) is 11.3 Å². The molecule has 0 spiro atoms. The summed E-state index contributed by atoms with van der Waals surface area (Å²) in [5.41, 5.74) is 1.27. The molecule has 1 amide bonds. The highest BCUT2D eigenvalue weighted by molar-refractivity contribution is 6.39. The lowest BCUT2D eigenvalue weighted by Gasteiger charge is -2.23. The molecular weight excluding hydrogens is 373 g/mol. The number of aromatic nitrogens is 1. The number of nitrogens with one attached hydrogen (secondary N) is 2. The van der Waals surface area contributed by atoms with Gasteiger partial charge in [0.15, 0.2) is 0 Å². The highest BCUT2D eigenvalue weighted by Crippen LogP contribution is 2.36. The quantitative estimate of drug-likeness (QED) is 0.835. The Kier molecular flexibility index (Phi) is 6.52. The van der Waals surface area contributed by atoms with Gasteiger partial charge in [-0.05, 0) is 38.4 Å². The summed E-state index contributed by atoms with van der Waals surface area (Å²) in [5.74, 6) is 0.223. The summed E-state index contributed by atoms with van der Waals surface area (Å²) < 4.78 is 5.23. The Labute approximate surface area is 156 Å². The standard InChI is InChI=1S/C16H17Cl2N3O2.ClH/c1-9-13(16(22)20-10-4-3-7-19-8-10)15(21-23-9)14-11(17)5-2-6-12(14)18;/h2,5-6,10,19H,3-4,7-8H2,1H3,(H,20,22);1H. The molecule has 2 heterocycles. The van der Waals surface area contributed by atoms with Gasteiger partial charge in [0.25, 0.3) is 5.91 Å². The SMILES string of the molecule is Cc1onc(-c2c(Cl)cccc2Cl)c1C(=O)NC1CCCNC1.Cl. The summed E-state index contributed by atoms with van der Waals surface area (Å²) in [5, 5.41) is 11.2. The molecule has 1 aliphatic heterocycles. The minimum Gasteiger partial charge on any atom is -0.360 e. The molecule has 2 N–H and O–H groups in total. The van der Waals surface area contributed by atoms with Crippen molar-refractivity contribution in [3.05, 3.63) is 39.6 Å². The van der Waals surface area contributed by atoms with Gasteiger partial charge >= 0.3 is 0 Å². The predicted octanol–water partition coefficient (Wildman–Crippen LogP) is 3.86. The lowest BCUT2D eigenvalue weighted by molar-refractivity contribution is 0.0929. The number of amides is 1. The molecule has 5 nitrogen and oxygen atoms in total. The number of rotatable bonds is 3. The lowest BCUT2D eigenvalue weighted by atomic mass is 10.0. The van der Waals surface area contributed by atoms with Gasteiger partial charge in [0.1, 0.15) is 17.0 Å². The Morgan fingerprint density at radius 2 is 2.08 bits per heavy atom. The second-order valence-corrected chi connectivity index (χ2v) is 6.39. The van der Waals surface area contributed by atoms with E-state index in [9.17, 15) is 4.79 Å². The molecule has 1 aliphatic rings. The number of aryl methyl sites for hydroxylation is 1. The predicted molar refractivity (Wildman–Crippen MR) is 97.3 cm³/mol. The first kappa shape index (κ1) is 19.1. The second kappa shape index (κ2) is 8.21. The Balaban J connectivity index is 0.00000208. The third kappa shape index (κ3) is 3.86. The molecule has 130 valence electrons. The Hall–Kier alpha value is -1.27. The highest BCUT2D eigenvalue weighted by Gasteiger charge is 2.26. The van der Waals surface area contributed by atoms with Gasteiger partial charge in [0, 0.05) is 18.2 Å². The number of hydrogen-bond donors (Lipinski definition) is 2. The van der Waals surface area contributed by atoms with Crippen LogP contribution in [0.4, 0.5) is 0 Å². The summed E-state index contributed by atoms with van der Waals surface area (Å²) in [4.78, 5) is 12.7. The molecule has 1 atom stereocenters. The molecule has 2 aromatic rings. The minimum atomic E-state index is -0.219. The van der Waals surface area contributed by atoms with E-state index in [1.807, 2.05) is 0 Å². The van der Waals surface area contributed by atoms with Gasteiger partial charge in [-0.1, -0.05) is 34.4 Å². The summed E-state index contributed by atoms with van der Waals surface area (Å²) in [6, 6.07) is 5.26. The van der Waals surface area contributed by atoms with Gasteiger partial charge in [0.05, 0.1) is 10.0 Å². The van der Waals surface area contributed by atoms with Crippen molar-refractivity contribution in [1.82, 2.24) is 15.8 Å². The van der Waals surface area contributed by atoms with Gasteiger partial charge in [-0.15, -0.1) is 12.4 Å². The third-order valence-electron chi connectivity index (χ3n) is 3.92. The van der Waals surface area contributed by atoms with Crippen LogP contribution in [0.3, 0.4) is 0 Å². The first-order valence-corrected chi connectivity index (χ1v) is 8.25. The third-order valence-corrected chi connectivity index (χ3v) is 4.55. The zero-order valence-electron chi connectivity index (χ0n) is 13.1. The van der Waals surface area contributed by atoms with Crippen molar-refractivity contribution >= 4 is 41.5 Å². The molecule has 0 aliphatic carbocycles. The molecule has 0 radical (unpaired) electrons. The first-order valence-electron chi connectivity index (χ1n) is 7.50. The van der Waals surface area contributed by atoms with Gasteiger partial charge in [-0.3, -0.25) is 4.79 Å². The summed E-state index contributed by atoms with van der Waals surface area (Å²) in [6.45, 7) is 3.45. The van der Waals surface area contributed by atoms with E-state index in [0.717, 1.165) is 25.9 Å². The summed E-state index contributed by atoms with van der Waals surface area (Å²) in [6.07, 6.45) is 1.99. The Morgan fingerprint density at radius 3 is 2.71 bits per heavy atom. The Morgan fingerprint density at radius 1 is 1.38 bits per heavy atom. The van der Waals surface area contributed by atoms with E-state index < -0.39 is 0 Å². The van der Waals surface area contributed by atoms with Crippen molar-refractivity contribution in [2.75, 3.05) is 13.1 Å². The fourth-order valence-electron chi connectivity index (χ4n) is 2.77. The van der Waals surface area contributed by atoms with E-state index in [1.165, 1.54) is 0 Å². The van der Waals surface area contributed by atoms with E-state index in [-0.39, 0.29) is 24.4 Å². The maximum absolute atomic E-state index is 12.7. The van der Waals surface area contributed by atoms with Crippen LogP contribution in [-0.2, 0) is 0 Å². The molecule has 1 aromatic heterocycles. The van der Waals surface area contributed by atoms with Crippen molar-refractivity contribution in [2.24, 2.45) is 0 Å². The number of carbonyl (C=O) groups is 1. The van der Waals surface area contributed by atoms with Crippen molar-refractivity contribution in [1.29, 1.82) is 0 Å². The number of piperidine rings is 1.